The molecule has 0 aromatic heterocycles. The molecule has 24 heavy (non-hydrogen) atoms. The van der Waals surface area contributed by atoms with Gasteiger partial charge in [-0.15, -0.1) is 0 Å². The average molecular weight is 328 g/mol. The van der Waals surface area contributed by atoms with Crippen LogP contribution in [-0.4, -0.2) is 42.9 Å². The van der Waals surface area contributed by atoms with E-state index in [4.69, 9.17) is 5.73 Å². The van der Waals surface area contributed by atoms with Crippen LogP contribution < -0.4 is 16.4 Å². The van der Waals surface area contributed by atoms with Crippen LogP contribution >= 0.6 is 0 Å². The fourth-order valence-corrected chi connectivity index (χ4v) is 4.15. The molecule has 2 aliphatic heterocycles. The Morgan fingerprint density at radius 3 is 2.67 bits per heavy atom. The molecule has 0 unspecified atom stereocenters. The molecule has 2 fully saturated rings. The first-order valence-electron chi connectivity index (χ1n) is 8.74. The van der Waals surface area contributed by atoms with Crippen LogP contribution in [0.2, 0.25) is 0 Å². The predicted octanol–water partition coefficient (Wildman–Crippen LogP) is 1.47. The van der Waals surface area contributed by atoms with Crippen LogP contribution in [0, 0.1) is 0 Å². The Balaban J connectivity index is 1.61. The summed E-state index contributed by atoms with van der Waals surface area (Å²) in [5.74, 6) is -0.118. The van der Waals surface area contributed by atoms with Gasteiger partial charge >= 0.3 is 0 Å². The van der Waals surface area contributed by atoms with Crippen molar-refractivity contribution in [1.29, 1.82) is 0 Å². The summed E-state index contributed by atoms with van der Waals surface area (Å²) in [4.78, 5) is 27.5. The minimum absolute atomic E-state index is 0.0164. The zero-order valence-corrected chi connectivity index (χ0v) is 14.0. The third-order valence-corrected chi connectivity index (χ3v) is 5.85. The van der Waals surface area contributed by atoms with E-state index in [2.05, 4.69) is 22.6 Å². The van der Waals surface area contributed by atoms with Gasteiger partial charge in [-0.3, -0.25) is 9.59 Å². The number of rotatable bonds is 2. The van der Waals surface area contributed by atoms with Crippen molar-refractivity contribution in [1.82, 2.24) is 10.2 Å². The van der Waals surface area contributed by atoms with Crippen LogP contribution in [0.3, 0.4) is 0 Å². The van der Waals surface area contributed by atoms with Gasteiger partial charge in [0.1, 0.15) is 0 Å². The number of hydrogen-bond donors (Lipinski definition) is 3. The maximum absolute atomic E-state index is 12.8. The lowest BCUT2D eigenvalue weighted by molar-refractivity contribution is -0.123. The summed E-state index contributed by atoms with van der Waals surface area (Å²) in [5, 5.41) is 6.07. The summed E-state index contributed by atoms with van der Waals surface area (Å²) in [5.41, 5.74) is 8.21. The SMILES string of the molecule is CN1CCC(NC(=O)c2cc(N)cc3c2NC(=O)C32CCC2)CC1. The van der Waals surface area contributed by atoms with Gasteiger partial charge in [0.25, 0.3) is 5.91 Å². The van der Waals surface area contributed by atoms with Gasteiger partial charge in [0.15, 0.2) is 0 Å². The maximum Gasteiger partial charge on any atom is 0.253 e. The minimum atomic E-state index is -0.451. The van der Waals surface area contributed by atoms with Crippen LogP contribution in [0.1, 0.15) is 48.0 Å². The average Bonchev–Trinajstić information content (AvgIpc) is 2.80. The molecule has 1 saturated carbocycles. The molecule has 1 aromatic carbocycles. The number of nitrogens with zero attached hydrogens (tertiary/aromatic N) is 1. The summed E-state index contributed by atoms with van der Waals surface area (Å²) >= 11 is 0. The fourth-order valence-electron chi connectivity index (χ4n) is 4.15. The number of anilines is 2. The summed E-state index contributed by atoms with van der Waals surface area (Å²) in [6.07, 6.45) is 4.61. The van der Waals surface area contributed by atoms with Gasteiger partial charge in [-0.2, -0.15) is 0 Å². The second-order valence-electron chi connectivity index (χ2n) is 7.43. The van der Waals surface area contributed by atoms with Gasteiger partial charge in [0.2, 0.25) is 5.91 Å². The van der Waals surface area contributed by atoms with Gasteiger partial charge in [0.05, 0.1) is 16.7 Å². The number of fused-ring (bicyclic) bond motifs is 2. The lowest BCUT2D eigenvalue weighted by atomic mass is 9.65. The molecule has 6 heteroatoms. The van der Waals surface area contributed by atoms with Gasteiger partial charge in [-0.1, -0.05) is 6.42 Å². The van der Waals surface area contributed by atoms with Crippen LogP contribution in [0.4, 0.5) is 11.4 Å². The Bertz CT molecular complexity index is 703. The summed E-state index contributed by atoms with van der Waals surface area (Å²) < 4.78 is 0. The lowest BCUT2D eigenvalue weighted by Gasteiger charge is -2.36. The lowest BCUT2D eigenvalue weighted by Crippen LogP contribution is -2.43. The van der Waals surface area contributed by atoms with Crippen molar-refractivity contribution < 1.29 is 9.59 Å². The Morgan fingerprint density at radius 2 is 2.04 bits per heavy atom. The number of hydrogen-bond acceptors (Lipinski definition) is 4. The standard InChI is InChI=1S/C18H24N4O2/c1-22-7-3-12(4-8-22)20-16(23)13-9-11(19)10-14-15(13)21-17(24)18(14)5-2-6-18/h9-10,12H,2-8,19H2,1H3,(H,20,23)(H,21,24). The van der Waals surface area contributed by atoms with Crippen LogP contribution in [0.25, 0.3) is 0 Å². The Morgan fingerprint density at radius 1 is 1.33 bits per heavy atom. The zero-order chi connectivity index (χ0) is 16.9. The largest absolute Gasteiger partial charge is 0.399 e. The number of piperidine rings is 1. The van der Waals surface area contributed by atoms with Crippen LogP contribution in [0.15, 0.2) is 12.1 Å². The van der Waals surface area contributed by atoms with E-state index in [9.17, 15) is 9.59 Å². The van der Waals surface area contributed by atoms with Crippen molar-refractivity contribution in [2.75, 3.05) is 31.2 Å². The highest BCUT2D eigenvalue weighted by Crippen LogP contribution is 2.52. The molecule has 0 atom stereocenters. The molecule has 1 saturated heterocycles. The molecular weight excluding hydrogens is 304 g/mol. The summed E-state index contributed by atoms with van der Waals surface area (Å²) in [6.45, 7) is 1.97. The van der Waals surface area contributed by atoms with Crippen molar-refractivity contribution in [3.8, 4) is 0 Å². The molecule has 4 N–H and O–H groups in total. The molecule has 1 aliphatic carbocycles. The fraction of sp³-hybridized carbons (Fsp3) is 0.556. The van der Waals surface area contributed by atoms with Gasteiger partial charge in [-0.25, -0.2) is 0 Å². The molecule has 1 aromatic rings. The normalized spacial score (nSPS) is 22.8. The monoisotopic (exact) mass is 328 g/mol. The second-order valence-corrected chi connectivity index (χ2v) is 7.43. The van der Waals surface area contributed by atoms with E-state index in [0.717, 1.165) is 50.8 Å². The molecule has 0 radical (unpaired) electrons. The quantitative estimate of drug-likeness (QED) is 0.718. The number of carbonyl (C=O) groups excluding carboxylic acids is 2. The summed E-state index contributed by atoms with van der Waals surface area (Å²) in [7, 11) is 2.09. The van der Waals surface area contributed by atoms with Crippen molar-refractivity contribution in [3.05, 3.63) is 23.3 Å². The number of likely N-dealkylation sites (tertiary alicyclic amines) is 1. The van der Waals surface area contributed by atoms with Gasteiger partial charge in [0, 0.05) is 11.7 Å². The third kappa shape index (κ3) is 2.28. The molecule has 1 spiro atoms. The number of carbonyl (C=O) groups is 2. The van der Waals surface area contributed by atoms with Crippen molar-refractivity contribution >= 4 is 23.2 Å². The molecule has 2 amide bonds. The van der Waals surface area contributed by atoms with Gasteiger partial charge in [-0.05, 0) is 63.5 Å². The Hall–Kier alpha value is -2.08. The second kappa shape index (κ2) is 5.48. The minimum Gasteiger partial charge on any atom is -0.399 e. The number of nitrogens with two attached hydrogens (primary N) is 1. The maximum atomic E-state index is 12.8. The molecular formula is C18H24N4O2. The number of nitrogen functional groups attached to an aromatic ring is 1. The predicted molar refractivity (Wildman–Crippen MR) is 93.0 cm³/mol. The molecule has 4 rings (SSSR count). The van der Waals surface area contributed by atoms with Crippen molar-refractivity contribution in [2.45, 2.75) is 43.6 Å². The molecule has 3 aliphatic rings. The van der Waals surface area contributed by atoms with E-state index in [1.165, 1.54) is 0 Å². The molecule has 0 bridgehead atoms. The van der Waals surface area contributed by atoms with E-state index in [-0.39, 0.29) is 17.9 Å². The van der Waals surface area contributed by atoms with Crippen LogP contribution in [-0.2, 0) is 10.2 Å². The molecule has 2 heterocycles. The molecule has 6 nitrogen and oxygen atoms in total. The number of amides is 2. The van der Waals surface area contributed by atoms with Gasteiger partial charge < -0.3 is 21.3 Å². The first-order valence-corrected chi connectivity index (χ1v) is 8.74. The topological polar surface area (TPSA) is 87.5 Å². The van der Waals surface area contributed by atoms with Crippen molar-refractivity contribution in [3.63, 3.8) is 0 Å². The highest BCUT2D eigenvalue weighted by atomic mass is 16.2. The Kier molecular flexibility index (Phi) is 3.53. The first kappa shape index (κ1) is 15.4. The zero-order valence-electron chi connectivity index (χ0n) is 14.0. The first-order chi connectivity index (χ1) is 11.5. The Labute approximate surface area is 141 Å². The summed E-state index contributed by atoms with van der Waals surface area (Å²) in [6, 6.07) is 3.72. The van der Waals surface area contributed by atoms with Crippen molar-refractivity contribution in [2.24, 2.45) is 0 Å². The third-order valence-electron chi connectivity index (χ3n) is 5.85. The van der Waals surface area contributed by atoms with E-state index < -0.39 is 5.41 Å². The number of nitrogens with one attached hydrogen (secondary N) is 2. The van der Waals surface area contributed by atoms with E-state index >= 15 is 0 Å². The molecule has 128 valence electrons. The van der Waals surface area contributed by atoms with Crippen LogP contribution in [0.5, 0.6) is 0 Å². The highest BCUT2D eigenvalue weighted by molar-refractivity contribution is 6.13. The smallest absolute Gasteiger partial charge is 0.253 e. The number of benzene rings is 1. The highest BCUT2D eigenvalue weighted by Gasteiger charge is 2.52. The van der Waals surface area contributed by atoms with E-state index in [1.807, 2.05) is 6.07 Å². The van der Waals surface area contributed by atoms with E-state index in [0.29, 0.717) is 16.9 Å². The van der Waals surface area contributed by atoms with E-state index in [1.54, 1.807) is 6.07 Å².